The zero-order valence-corrected chi connectivity index (χ0v) is 19.1. The summed E-state index contributed by atoms with van der Waals surface area (Å²) in [5.74, 6) is 0.0680. The zero-order valence-electron chi connectivity index (χ0n) is 18.3. The van der Waals surface area contributed by atoms with Crippen LogP contribution in [0.15, 0.2) is 71.8 Å². The van der Waals surface area contributed by atoms with Crippen LogP contribution in [0, 0.1) is 5.82 Å². The van der Waals surface area contributed by atoms with Gasteiger partial charge in [-0.15, -0.1) is 0 Å². The van der Waals surface area contributed by atoms with Crippen molar-refractivity contribution in [2.45, 2.75) is 36.6 Å². The molecule has 0 radical (unpaired) electrons. The summed E-state index contributed by atoms with van der Waals surface area (Å²) in [5, 5.41) is 0. The third-order valence-corrected chi connectivity index (χ3v) is 7.77. The molecule has 0 saturated carbocycles. The molecule has 172 valence electrons. The molecule has 4 rings (SSSR count). The van der Waals surface area contributed by atoms with Crippen LogP contribution in [-0.4, -0.2) is 43.2 Å². The summed E-state index contributed by atoms with van der Waals surface area (Å²) >= 11 is 0. The van der Waals surface area contributed by atoms with Crippen LogP contribution < -0.4 is 4.74 Å². The van der Waals surface area contributed by atoms with Crippen LogP contribution in [0.5, 0.6) is 5.75 Å². The van der Waals surface area contributed by atoms with E-state index in [1.165, 1.54) is 16.4 Å². The number of pyridine rings is 1. The van der Waals surface area contributed by atoms with E-state index in [1.807, 2.05) is 36.4 Å². The molecule has 0 bridgehead atoms. The smallest absolute Gasteiger partial charge is 0.243 e. The van der Waals surface area contributed by atoms with Gasteiger partial charge in [-0.25, -0.2) is 12.8 Å². The lowest BCUT2D eigenvalue weighted by atomic mass is 10.00. The number of aryl methyl sites for hydroxylation is 1. The fraction of sp³-hybridized carbons (Fsp3) is 0.280. The molecule has 3 aromatic rings. The SMILES string of the molecule is COc1ccc(-c2cccc(CCC(=O)[C@@H]3CCCN3S(=O)(=O)c3ccc(F)cc3)c2)nc1. The molecule has 1 aliphatic rings. The van der Waals surface area contributed by atoms with Crippen molar-refractivity contribution in [1.29, 1.82) is 0 Å². The molecule has 1 saturated heterocycles. The maximum Gasteiger partial charge on any atom is 0.243 e. The van der Waals surface area contributed by atoms with Gasteiger partial charge in [0.05, 0.1) is 29.9 Å². The Kier molecular flexibility index (Phi) is 6.85. The molecule has 33 heavy (non-hydrogen) atoms. The Morgan fingerprint density at radius 3 is 2.64 bits per heavy atom. The van der Waals surface area contributed by atoms with Crippen LogP contribution in [0.3, 0.4) is 0 Å². The predicted octanol–water partition coefficient (Wildman–Crippen LogP) is 4.25. The molecule has 1 aliphatic heterocycles. The van der Waals surface area contributed by atoms with E-state index in [-0.39, 0.29) is 23.6 Å². The lowest BCUT2D eigenvalue weighted by Crippen LogP contribution is -2.40. The Bertz CT molecular complexity index is 1230. The van der Waals surface area contributed by atoms with Crippen molar-refractivity contribution in [2.75, 3.05) is 13.7 Å². The van der Waals surface area contributed by atoms with E-state index < -0.39 is 21.9 Å². The van der Waals surface area contributed by atoms with Gasteiger partial charge in [0, 0.05) is 18.5 Å². The third-order valence-electron chi connectivity index (χ3n) is 5.85. The van der Waals surface area contributed by atoms with Gasteiger partial charge in [-0.05, 0) is 67.3 Å². The number of benzene rings is 2. The second kappa shape index (κ2) is 9.80. The highest BCUT2D eigenvalue weighted by atomic mass is 32.2. The van der Waals surface area contributed by atoms with Gasteiger partial charge in [-0.2, -0.15) is 4.31 Å². The molecule has 0 N–H and O–H groups in total. The zero-order chi connectivity index (χ0) is 23.4. The average Bonchev–Trinajstić information content (AvgIpc) is 3.34. The molecule has 2 heterocycles. The van der Waals surface area contributed by atoms with Crippen LogP contribution in [0.25, 0.3) is 11.3 Å². The number of halogens is 1. The van der Waals surface area contributed by atoms with E-state index in [1.54, 1.807) is 13.3 Å². The average molecular weight is 469 g/mol. The number of rotatable bonds is 8. The summed E-state index contributed by atoms with van der Waals surface area (Å²) in [6, 6.07) is 15.5. The minimum absolute atomic E-state index is 0.00305. The van der Waals surface area contributed by atoms with Crippen molar-refractivity contribution in [1.82, 2.24) is 9.29 Å². The van der Waals surface area contributed by atoms with Gasteiger partial charge in [0.25, 0.3) is 0 Å². The monoisotopic (exact) mass is 468 g/mol. The Hall–Kier alpha value is -3.10. The number of nitrogens with zero attached hydrogens (tertiary/aromatic N) is 2. The quantitative estimate of drug-likeness (QED) is 0.494. The second-order valence-electron chi connectivity index (χ2n) is 7.98. The standard InChI is InChI=1S/C25H25FN2O4S/c1-32-21-10-13-23(27-17-21)19-5-2-4-18(16-19)7-14-25(29)24-6-3-15-28(24)33(30,31)22-11-8-20(26)9-12-22/h2,4-5,8-13,16-17,24H,3,6-7,14-15H2,1H3/t24-/m0/s1. The maximum absolute atomic E-state index is 13.2. The Balaban J connectivity index is 1.44. The number of hydrogen-bond donors (Lipinski definition) is 0. The van der Waals surface area contributed by atoms with Crippen molar-refractivity contribution >= 4 is 15.8 Å². The Labute approximate surface area is 193 Å². The highest BCUT2D eigenvalue weighted by Gasteiger charge is 2.38. The van der Waals surface area contributed by atoms with Gasteiger partial charge in [-0.1, -0.05) is 18.2 Å². The van der Waals surface area contributed by atoms with Crippen LogP contribution in [0.2, 0.25) is 0 Å². The molecule has 0 unspecified atom stereocenters. The summed E-state index contributed by atoms with van der Waals surface area (Å²) in [4.78, 5) is 17.4. The van der Waals surface area contributed by atoms with E-state index in [4.69, 9.17) is 4.74 Å². The molecule has 1 aromatic heterocycles. The topological polar surface area (TPSA) is 76.6 Å². The molecule has 0 aliphatic carbocycles. The molecule has 6 nitrogen and oxygen atoms in total. The van der Waals surface area contributed by atoms with Crippen molar-refractivity contribution in [2.24, 2.45) is 0 Å². The molecular weight excluding hydrogens is 443 g/mol. The molecule has 1 fully saturated rings. The van der Waals surface area contributed by atoms with E-state index >= 15 is 0 Å². The number of carbonyl (C=O) groups excluding carboxylic acids is 1. The van der Waals surface area contributed by atoms with E-state index in [0.717, 1.165) is 29.0 Å². The van der Waals surface area contributed by atoms with E-state index in [9.17, 15) is 17.6 Å². The molecule has 0 amide bonds. The van der Waals surface area contributed by atoms with Gasteiger partial charge in [0.15, 0.2) is 5.78 Å². The highest BCUT2D eigenvalue weighted by molar-refractivity contribution is 7.89. The second-order valence-corrected chi connectivity index (χ2v) is 9.87. The first kappa shape index (κ1) is 23.1. The lowest BCUT2D eigenvalue weighted by molar-refractivity contribution is -0.122. The highest BCUT2D eigenvalue weighted by Crippen LogP contribution is 2.28. The largest absolute Gasteiger partial charge is 0.495 e. The lowest BCUT2D eigenvalue weighted by Gasteiger charge is -2.23. The minimum atomic E-state index is -3.85. The number of aromatic nitrogens is 1. The number of Topliss-reactive ketones (excluding diaryl/α,β-unsaturated/α-hetero) is 1. The summed E-state index contributed by atoms with van der Waals surface area (Å²) < 4.78 is 45.7. The molecule has 2 aromatic carbocycles. The first-order chi connectivity index (χ1) is 15.9. The van der Waals surface area contributed by atoms with Crippen molar-refractivity contribution in [3.8, 4) is 17.0 Å². The normalized spacial score (nSPS) is 16.6. The molecular formula is C25H25FN2O4S. The number of ketones is 1. The summed E-state index contributed by atoms with van der Waals surface area (Å²) in [5.41, 5.74) is 2.71. The van der Waals surface area contributed by atoms with Gasteiger partial charge in [0.2, 0.25) is 10.0 Å². The van der Waals surface area contributed by atoms with Crippen molar-refractivity contribution < 1.29 is 22.3 Å². The van der Waals surface area contributed by atoms with Gasteiger partial charge < -0.3 is 4.74 Å². The van der Waals surface area contributed by atoms with Crippen LogP contribution in [-0.2, 0) is 21.2 Å². The minimum Gasteiger partial charge on any atom is -0.495 e. The Morgan fingerprint density at radius 2 is 1.94 bits per heavy atom. The summed E-state index contributed by atoms with van der Waals surface area (Å²) in [7, 11) is -2.27. The van der Waals surface area contributed by atoms with E-state index in [0.29, 0.717) is 25.0 Å². The first-order valence-electron chi connectivity index (χ1n) is 10.8. The number of carbonyl (C=O) groups is 1. The third kappa shape index (κ3) is 5.12. The number of sulfonamides is 1. The summed E-state index contributed by atoms with van der Waals surface area (Å²) in [6.45, 7) is 0.286. The van der Waals surface area contributed by atoms with Crippen LogP contribution in [0.4, 0.5) is 4.39 Å². The number of ether oxygens (including phenoxy) is 1. The van der Waals surface area contributed by atoms with Gasteiger partial charge >= 0.3 is 0 Å². The maximum atomic E-state index is 13.2. The van der Waals surface area contributed by atoms with Gasteiger partial charge in [0.1, 0.15) is 11.6 Å². The van der Waals surface area contributed by atoms with E-state index in [2.05, 4.69) is 4.98 Å². The first-order valence-corrected chi connectivity index (χ1v) is 12.2. The predicted molar refractivity (Wildman–Crippen MR) is 123 cm³/mol. The van der Waals surface area contributed by atoms with Gasteiger partial charge in [-0.3, -0.25) is 9.78 Å². The molecule has 0 spiro atoms. The van der Waals surface area contributed by atoms with Crippen molar-refractivity contribution in [3.63, 3.8) is 0 Å². The fourth-order valence-electron chi connectivity index (χ4n) is 4.08. The number of hydrogen-bond acceptors (Lipinski definition) is 5. The van der Waals surface area contributed by atoms with Crippen molar-refractivity contribution in [3.05, 3.63) is 78.2 Å². The van der Waals surface area contributed by atoms with Crippen LogP contribution in [0.1, 0.15) is 24.8 Å². The number of methoxy groups -OCH3 is 1. The van der Waals surface area contributed by atoms with Crippen LogP contribution >= 0.6 is 0 Å². The Morgan fingerprint density at radius 1 is 1.15 bits per heavy atom. The summed E-state index contributed by atoms with van der Waals surface area (Å²) in [6.07, 6.45) is 3.51. The molecule has 8 heteroatoms. The fourth-order valence-corrected chi connectivity index (χ4v) is 5.76. The molecule has 1 atom stereocenters.